The predicted octanol–water partition coefficient (Wildman–Crippen LogP) is 1.27. The maximum absolute atomic E-state index is 12.1. The van der Waals surface area contributed by atoms with E-state index in [4.69, 9.17) is 4.84 Å². The van der Waals surface area contributed by atoms with E-state index >= 15 is 0 Å². The molecule has 1 aromatic rings. The molecule has 2 aliphatic rings. The van der Waals surface area contributed by atoms with Crippen LogP contribution in [-0.2, 0) is 4.84 Å². The fourth-order valence-corrected chi connectivity index (χ4v) is 2.39. The van der Waals surface area contributed by atoms with Gasteiger partial charge in [0.05, 0.1) is 30.6 Å². The fraction of sp³-hybridized carbons (Fsp3) is 0.385. The third-order valence-corrected chi connectivity index (χ3v) is 3.25. The molecule has 2 aliphatic heterocycles. The third-order valence-electron chi connectivity index (χ3n) is 3.25. The number of hydrogen-bond acceptors (Lipinski definition) is 3. The molecule has 1 fully saturated rings. The minimum absolute atomic E-state index is 0.0549. The monoisotopic (exact) mass is 260 g/mol. The van der Waals surface area contributed by atoms with E-state index in [2.05, 4.69) is 11.7 Å². The van der Waals surface area contributed by atoms with Crippen molar-refractivity contribution >= 4 is 11.7 Å². The number of aryl methyl sites for hydroxylation is 1. The van der Waals surface area contributed by atoms with E-state index in [1.54, 1.807) is 11.0 Å². The normalized spacial score (nSPS) is 21.8. The lowest BCUT2D eigenvalue weighted by molar-refractivity contribution is -0.107. The second-order valence-corrected chi connectivity index (χ2v) is 4.70. The molecule has 2 amide bonds. The first-order valence-electron chi connectivity index (χ1n) is 6.24. The average Bonchev–Trinajstić information content (AvgIpc) is 2.92. The summed E-state index contributed by atoms with van der Waals surface area (Å²) < 4.78 is 1.82. The van der Waals surface area contributed by atoms with Crippen LogP contribution >= 0.6 is 0 Å². The van der Waals surface area contributed by atoms with Crippen LogP contribution in [-0.4, -0.2) is 51.5 Å². The van der Waals surface area contributed by atoms with Crippen LogP contribution in [0.25, 0.3) is 5.70 Å². The summed E-state index contributed by atoms with van der Waals surface area (Å²) in [5.41, 5.74) is 1.96. The molecule has 19 heavy (non-hydrogen) atoms. The number of nitrogens with zero attached hydrogens (tertiary/aromatic N) is 4. The Morgan fingerprint density at radius 2 is 2.47 bits per heavy atom. The molecule has 2 bridgehead atoms. The van der Waals surface area contributed by atoms with Crippen molar-refractivity contribution in [2.24, 2.45) is 0 Å². The molecule has 0 aliphatic carbocycles. The first kappa shape index (κ1) is 12.0. The number of hydroxylamine groups is 2. The molecule has 3 heterocycles. The van der Waals surface area contributed by atoms with Gasteiger partial charge in [-0.3, -0.25) is 4.84 Å². The molecule has 0 N–H and O–H groups in total. The molecule has 0 aromatic carbocycles. The van der Waals surface area contributed by atoms with Crippen molar-refractivity contribution in [1.82, 2.24) is 19.7 Å². The minimum Gasteiger partial charge on any atom is -0.314 e. The number of hydrogen-bond donors (Lipinski definition) is 0. The van der Waals surface area contributed by atoms with E-state index in [0.717, 1.165) is 11.4 Å². The molecule has 1 atom stereocenters. The van der Waals surface area contributed by atoms with Crippen LogP contribution in [0, 0.1) is 6.92 Å². The molecule has 1 unspecified atom stereocenters. The summed E-state index contributed by atoms with van der Waals surface area (Å²) in [6.45, 7) is 7.10. The van der Waals surface area contributed by atoms with Gasteiger partial charge in [-0.2, -0.15) is 10.2 Å². The largest absolute Gasteiger partial charge is 0.345 e. The van der Waals surface area contributed by atoms with Gasteiger partial charge in [-0.25, -0.2) is 9.48 Å². The summed E-state index contributed by atoms with van der Waals surface area (Å²) in [7, 11) is 0. The maximum Gasteiger partial charge on any atom is 0.345 e. The van der Waals surface area contributed by atoms with Gasteiger partial charge >= 0.3 is 6.03 Å². The lowest BCUT2D eigenvalue weighted by Crippen LogP contribution is -2.33. The summed E-state index contributed by atoms with van der Waals surface area (Å²) in [6, 6.07) is 1.79. The van der Waals surface area contributed by atoms with E-state index in [0.29, 0.717) is 19.7 Å². The van der Waals surface area contributed by atoms with E-state index in [9.17, 15) is 4.79 Å². The van der Waals surface area contributed by atoms with Crippen LogP contribution < -0.4 is 0 Å². The molecule has 0 saturated carbocycles. The third kappa shape index (κ3) is 2.04. The Bertz CT molecular complexity index is 549. The zero-order chi connectivity index (χ0) is 13.4. The minimum atomic E-state index is -0.0954. The summed E-state index contributed by atoms with van der Waals surface area (Å²) in [6.07, 6.45) is 5.58. The lowest BCUT2D eigenvalue weighted by atomic mass is 10.2. The van der Waals surface area contributed by atoms with Crippen molar-refractivity contribution in [2.75, 3.05) is 19.7 Å². The molecule has 6 heteroatoms. The standard InChI is InChI=1S/C13H16N4O2/c1-3-6-19-17-12-7-11(8-15(9-12)13(17)18)16-5-4-10(2)14-16/h3-5,7,12H,1,6,8-9H2,2H3. The van der Waals surface area contributed by atoms with E-state index in [-0.39, 0.29) is 12.1 Å². The van der Waals surface area contributed by atoms with Crippen LogP contribution in [0.3, 0.4) is 0 Å². The average molecular weight is 260 g/mol. The van der Waals surface area contributed by atoms with Crippen molar-refractivity contribution in [3.63, 3.8) is 0 Å². The van der Waals surface area contributed by atoms with Gasteiger partial charge in [0, 0.05) is 12.7 Å². The van der Waals surface area contributed by atoms with Gasteiger partial charge in [-0.15, -0.1) is 6.58 Å². The second kappa shape index (κ2) is 4.55. The van der Waals surface area contributed by atoms with E-state index in [1.165, 1.54) is 5.06 Å². The highest BCUT2D eigenvalue weighted by Crippen LogP contribution is 2.26. The topological polar surface area (TPSA) is 50.6 Å². The zero-order valence-electron chi connectivity index (χ0n) is 10.8. The van der Waals surface area contributed by atoms with Crippen molar-refractivity contribution < 1.29 is 9.63 Å². The Hall–Kier alpha value is -2.08. The highest BCUT2D eigenvalue weighted by Gasteiger charge is 2.41. The molecule has 1 saturated heterocycles. The van der Waals surface area contributed by atoms with Crippen LogP contribution in [0.15, 0.2) is 31.0 Å². The first-order valence-corrected chi connectivity index (χ1v) is 6.24. The van der Waals surface area contributed by atoms with Gasteiger partial charge in [0.25, 0.3) is 0 Å². The maximum atomic E-state index is 12.1. The molecule has 6 nitrogen and oxygen atoms in total. The van der Waals surface area contributed by atoms with Crippen LogP contribution in [0.2, 0.25) is 0 Å². The summed E-state index contributed by atoms with van der Waals surface area (Å²) in [4.78, 5) is 19.3. The highest BCUT2D eigenvalue weighted by atomic mass is 16.7. The summed E-state index contributed by atoms with van der Waals surface area (Å²) in [5, 5.41) is 5.80. The van der Waals surface area contributed by atoms with Gasteiger partial charge in [0.15, 0.2) is 0 Å². The Morgan fingerprint density at radius 3 is 3.16 bits per heavy atom. The molecular weight excluding hydrogens is 244 g/mol. The van der Waals surface area contributed by atoms with Crippen LogP contribution in [0.5, 0.6) is 0 Å². The Balaban J connectivity index is 1.84. The quantitative estimate of drug-likeness (QED) is 0.766. The number of amides is 2. The predicted molar refractivity (Wildman–Crippen MR) is 70.0 cm³/mol. The van der Waals surface area contributed by atoms with Crippen molar-refractivity contribution in [3.05, 3.63) is 36.7 Å². The number of urea groups is 1. The molecule has 0 radical (unpaired) electrons. The second-order valence-electron chi connectivity index (χ2n) is 4.70. The first-order chi connectivity index (χ1) is 9.19. The van der Waals surface area contributed by atoms with Crippen molar-refractivity contribution in [3.8, 4) is 0 Å². The van der Waals surface area contributed by atoms with Gasteiger partial charge < -0.3 is 4.90 Å². The molecule has 0 spiro atoms. The molecular formula is C13H16N4O2. The van der Waals surface area contributed by atoms with E-state index in [1.807, 2.05) is 29.9 Å². The zero-order valence-corrected chi connectivity index (χ0v) is 10.8. The SMILES string of the molecule is C=CCON1C(=O)N2CC(n3ccc(C)n3)=CC1C2. The summed E-state index contributed by atoms with van der Waals surface area (Å²) >= 11 is 0. The molecule has 3 rings (SSSR count). The number of aromatic nitrogens is 2. The number of rotatable bonds is 4. The lowest BCUT2D eigenvalue weighted by Gasteiger charge is -2.21. The molecule has 100 valence electrons. The van der Waals surface area contributed by atoms with E-state index < -0.39 is 0 Å². The Labute approximate surface area is 111 Å². The van der Waals surface area contributed by atoms with Crippen molar-refractivity contribution in [1.29, 1.82) is 0 Å². The smallest absolute Gasteiger partial charge is 0.314 e. The Kier molecular flexibility index (Phi) is 2.87. The number of fused-ring (bicyclic) bond motifs is 2. The number of carbonyl (C=O) groups is 1. The highest BCUT2D eigenvalue weighted by molar-refractivity contribution is 5.80. The van der Waals surface area contributed by atoms with Crippen LogP contribution in [0.4, 0.5) is 4.79 Å². The van der Waals surface area contributed by atoms with Gasteiger partial charge in [0.1, 0.15) is 0 Å². The van der Waals surface area contributed by atoms with Gasteiger partial charge in [-0.1, -0.05) is 6.08 Å². The van der Waals surface area contributed by atoms with Gasteiger partial charge in [0.2, 0.25) is 0 Å². The Morgan fingerprint density at radius 1 is 1.63 bits per heavy atom. The van der Waals surface area contributed by atoms with Gasteiger partial charge in [-0.05, 0) is 19.1 Å². The van der Waals surface area contributed by atoms with Crippen molar-refractivity contribution in [2.45, 2.75) is 13.0 Å². The summed E-state index contributed by atoms with van der Waals surface area (Å²) in [5.74, 6) is 0. The van der Waals surface area contributed by atoms with Crippen LogP contribution in [0.1, 0.15) is 5.69 Å². The number of carbonyl (C=O) groups excluding carboxylic acids is 1. The molecule has 1 aromatic heterocycles. The fourth-order valence-electron chi connectivity index (χ4n) is 2.39.